The fraction of sp³-hybridized carbons (Fsp3) is 0.342. The average molecular weight is 1300 g/mol. The van der Waals surface area contributed by atoms with Crippen LogP contribution in [0.4, 0.5) is 4.39 Å². The Morgan fingerprint density at radius 3 is 0.978 bits per heavy atom. The van der Waals surface area contributed by atoms with E-state index < -0.39 is 21.2 Å². The number of benzene rings is 9. The van der Waals surface area contributed by atoms with Gasteiger partial charge in [0.25, 0.3) is 0 Å². The SMILES string of the molecule is CC1(C)OB(B2OC(C)(C)C(C)(C)O2)OC1(C)C.CC1(C)OB(c2ccc3cc(-c4ccccc4)ccc3c2)OC1(C)C.CC1(C)OB(c2ccccc2)OC1(C)C.Clc1ccc2cc(-c3ccccc3)ccc2c1.Clc1ccc2cc(Br)ccc2c1.[2H]CF. The van der Waals surface area contributed by atoms with Crippen molar-refractivity contribution in [3.63, 3.8) is 0 Å². The fourth-order valence-corrected chi connectivity index (χ4v) is 10.7. The molecule has 13 rings (SSSR count). The number of halogens is 4. The van der Waals surface area contributed by atoms with Crippen molar-refractivity contribution in [2.75, 3.05) is 7.15 Å². The first kappa shape index (κ1) is 68.1. The minimum Gasteiger partial charge on any atom is -0.405 e. The minimum absolute atomic E-state index is 0.240. The third-order valence-corrected chi connectivity index (χ3v) is 19.2. The molecule has 0 radical (unpaired) electrons. The summed E-state index contributed by atoms with van der Waals surface area (Å²) >= 11 is 15.2. The van der Waals surface area contributed by atoms with Crippen LogP contribution >= 0.6 is 39.1 Å². The molecule has 89 heavy (non-hydrogen) atoms. The first-order valence-corrected chi connectivity index (χ1v) is 31.7. The Balaban J connectivity index is 0.000000146. The summed E-state index contributed by atoms with van der Waals surface area (Å²) in [5.41, 5.74) is 4.51. The number of hydrogen-bond donors (Lipinski definition) is 0. The Morgan fingerprint density at radius 1 is 0.315 bits per heavy atom. The molecule has 0 spiro atoms. The van der Waals surface area contributed by atoms with Crippen molar-refractivity contribution in [1.29, 1.82) is 0 Å². The Kier molecular flexibility index (Phi) is 21.3. The van der Waals surface area contributed by atoms with E-state index >= 15 is 0 Å². The maximum absolute atomic E-state index is 9.96. The predicted octanol–water partition coefficient (Wildman–Crippen LogP) is 19.0. The molecule has 464 valence electrons. The quantitative estimate of drug-likeness (QED) is 0.158. The molecule has 0 bridgehead atoms. The smallest absolute Gasteiger partial charge is 0.405 e. The van der Waals surface area contributed by atoms with E-state index in [1.807, 2.05) is 140 Å². The molecule has 4 aliphatic heterocycles. The standard InChI is InChI=1S/C22H23BO2.C16H11Cl.C12H24B2O4.C12H17BO2.C10H6BrCl.CH3F/c1-21(2)22(3,4)25-23(24-21)20-13-12-18-14-17(10-11-19(18)15-20)16-8-6-5-7-9-16;17-16-9-8-14-10-13(6-7-15(14)11-16)12-4-2-1-3-5-12;1-9(2)10(3,4)16-13(15-9)14-17-11(5,6)12(7,8)18-14;1-11(2)12(3,4)15-13(14-11)10-8-6-5-7-9-10;11-9-3-1-8-6-10(12)4-2-7(8)5-9;1-2/h5-15H,1-4H3;1-11H;1-8H3;5-9H,1-4H3;1-6H;1H3/i;;;;;1D. The van der Waals surface area contributed by atoms with Crippen molar-refractivity contribution in [2.24, 2.45) is 0 Å². The van der Waals surface area contributed by atoms with Crippen LogP contribution in [0, 0.1) is 0 Å². The van der Waals surface area contributed by atoms with Gasteiger partial charge in [-0.15, -0.1) is 0 Å². The van der Waals surface area contributed by atoms with Crippen LogP contribution in [0.3, 0.4) is 0 Å². The topological polar surface area (TPSA) is 73.8 Å². The fourth-order valence-electron chi connectivity index (χ4n) is 10.0. The number of alkyl halides is 1. The Bertz CT molecular complexity index is 3720. The van der Waals surface area contributed by atoms with E-state index in [0.29, 0.717) is 0 Å². The van der Waals surface area contributed by atoms with Crippen molar-refractivity contribution < 1.29 is 43.0 Å². The van der Waals surface area contributed by atoms with Crippen molar-refractivity contribution in [3.8, 4) is 22.3 Å². The van der Waals surface area contributed by atoms with Gasteiger partial charge in [-0.1, -0.05) is 191 Å². The first-order valence-electron chi connectivity index (χ1n) is 30.9. The molecule has 0 aliphatic carbocycles. The van der Waals surface area contributed by atoms with Gasteiger partial charge >= 0.3 is 28.3 Å². The van der Waals surface area contributed by atoms with Gasteiger partial charge in [-0.25, -0.2) is 0 Å². The third-order valence-electron chi connectivity index (χ3n) is 18.3. The first-order chi connectivity index (χ1) is 42.2. The van der Waals surface area contributed by atoms with Gasteiger partial charge in [0.05, 0.1) is 53.3 Å². The van der Waals surface area contributed by atoms with Gasteiger partial charge in [-0.3, -0.25) is 4.39 Å². The summed E-state index contributed by atoms with van der Waals surface area (Å²) in [5.74, 6) is 0. The summed E-state index contributed by atoms with van der Waals surface area (Å²) in [7, 11) is -2.51. The van der Waals surface area contributed by atoms with Crippen molar-refractivity contribution in [3.05, 3.63) is 215 Å². The number of fused-ring (bicyclic) bond motifs is 3. The number of rotatable bonds is 5. The van der Waals surface area contributed by atoms with E-state index in [1.54, 1.807) is 0 Å². The van der Waals surface area contributed by atoms with Crippen molar-refractivity contribution in [1.82, 2.24) is 0 Å². The van der Waals surface area contributed by atoms with Crippen molar-refractivity contribution in [2.45, 2.75) is 156 Å². The summed E-state index contributed by atoms with van der Waals surface area (Å²) in [5, 5.41) is 8.76. The van der Waals surface area contributed by atoms with Crippen LogP contribution in [0.15, 0.2) is 205 Å². The summed E-state index contributed by atoms with van der Waals surface area (Å²) in [4.78, 5) is 0. The van der Waals surface area contributed by atoms with E-state index in [-0.39, 0.29) is 59.0 Å². The maximum Gasteiger partial charge on any atom is 0.494 e. The van der Waals surface area contributed by atoms with E-state index in [0.717, 1.165) is 25.4 Å². The molecule has 4 heterocycles. The predicted molar refractivity (Wildman–Crippen MR) is 378 cm³/mol. The molecule has 4 fully saturated rings. The molecule has 0 N–H and O–H groups in total. The summed E-state index contributed by atoms with van der Waals surface area (Å²) in [6.45, 7) is 32.8. The minimum atomic E-state index is -1.00. The second-order valence-corrected chi connectivity index (χ2v) is 28.5. The van der Waals surface area contributed by atoms with Crippen LogP contribution in [0.1, 0.15) is 112 Å². The largest absolute Gasteiger partial charge is 0.494 e. The van der Waals surface area contributed by atoms with Crippen LogP contribution < -0.4 is 10.9 Å². The van der Waals surface area contributed by atoms with Crippen LogP contribution in [-0.4, -0.2) is 80.2 Å². The van der Waals surface area contributed by atoms with Crippen LogP contribution in [0.25, 0.3) is 54.6 Å². The molecule has 0 saturated carbocycles. The van der Waals surface area contributed by atoms with E-state index in [2.05, 4.69) is 187 Å². The van der Waals surface area contributed by atoms with Gasteiger partial charge < -0.3 is 37.2 Å². The highest BCUT2D eigenvalue weighted by Crippen LogP contribution is 2.44. The lowest BCUT2D eigenvalue weighted by atomic mass is 9.49. The highest BCUT2D eigenvalue weighted by Gasteiger charge is 2.64. The molecule has 0 aromatic heterocycles. The lowest BCUT2D eigenvalue weighted by Gasteiger charge is -2.32. The van der Waals surface area contributed by atoms with Gasteiger partial charge in [0.15, 0.2) is 0 Å². The van der Waals surface area contributed by atoms with Gasteiger partial charge in [-0.2, -0.15) is 0 Å². The lowest BCUT2D eigenvalue weighted by Crippen LogP contribution is -2.41. The highest BCUT2D eigenvalue weighted by molar-refractivity contribution is 9.10. The van der Waals surface area contributed by atoms with Gasteiger partial charge in [0.2, 0.25) is 0 Å². The maximum atomic E-state index is 9.96. The Labute approximate surface area is 549 Å². The molecular formula is C73H84B4BrCl2FO8. The van der Waals surface area contributed by atoms with Crippen LogP contribution in [0.5, 0.6) is 0 Å². The van der Waals surface area contributed by atoms with Crippen molar-refractivity contribution >= 4 is 111 Å². The zero-order valence-corrected chi connectivity index (χ0v) is 57.4. The average Bonchev–Trinajstić information content (AvgIpc) is 1.61. The molecule has 4 saturated heterocycles. The molecule has 9 aromatic carbocycles. The molecule has 9 aromatic rings. The monoisotopic (exact) mass is 1300 g/mol. The zero-order chi connectivity index (χ0) is 65.7. The summed E-state index contributed by atoms with van der Waals surface area (Å²) < 4.78 is 64.6. The summed E-state index contributed by atoms with van der Waals surface area (Å²) in [6.07, 6.45) is 0. The highest BCUT2D eigenvalue weighted by atomic mass is 79.9. The molecule has 4 aliphatic rings. The molecule has 16 heteroatoms. The van der Waals surface area contributed by atoms with E-state index in [4.69, 9.17) is 61.8 Å². The number of hydrogen-bond acceptors (Lipinski definition) is 8. The van der Waals surface area contributed by atoms with Gasteiger partial charge in [-0.05, 0) is 225 Å². The lowest BCUT2D eigenvalue weighted by molar-refractivity contribution is 0.00578. The molecule has 0 amide bonds. The Morgan fingerprint density at radius 2 is 0.596 bits per heavy atom. The normalized spacial score (nSPS) is 19.3. The van der Waals surface area contributed by atoms with E-state index in [9.17, 15) is 4.39 Å². The van der Waals surface area contributed by atoms with E-state index in [1.165, 1.54) is 54.6 Å². The van der Waals surface area contributed by atoms with Gasteiger partial charge in [0, 0.05) is 14.5 Å². The third kappa shape index (κ3) is 16.5. The van der Waals surface area contributed by atoms with Crippen LogP contribution in [0.2, 0.25) is 10.0 Å². The van der Waals surface area contributed by atoms with Crippen LogP contribution in [-0.2, 0) is 37.2 Å². The molecule has 8 nitrogen and oxygen atoms in total. The summed E-state index contributed by atoms with van der Waals surface area (Å²) in [6, 6.07) is 68.4. The molecule has 0 atom stereocenters. The second kappa shape index (κ2) is 27.9. The molecular weight excluding hydrogens is 1220 g/mol. The van der Waals surface area contributed by atoms with Gasteiger partial charge in [0.1, 0.15) is 0 Å². The second-order valence-electron chi connectivity index (χ2n) is 26.7. The molecule has 0 unspecified atom stereocenters. The zero-order valence-electron chi connectivity index (χ0n) is 55.3. The Hall–Kier alpha value is -5.31.